The molecule has 1 aliphatic carbocycles. The summed E-state index contributed by atoms with van der Waals surface area (Å²) in [6.07, 6.45) is 3.89. The molecule has 5 heteroatoms. The number of aliphatic hydroxyl groups is 1. The van der Waals surface area contributed by atoms with E-state index < -0.39 is 5.60 Å². The number of hydrogen-bond acceptors (Lipinski definition) is 4. The second kappa shape index (κ2) is 6.97. The maximum Gasteiger partial charge on any atom is 0.410 e. The van der Waals surface area contributed by atoms with Gasteiger partial charge in [-0.2, -0.15) is 0 Å². The Morgan fingerprint density at radius 3 is 2.19 bits per heavy atom. The molecule has 0 aromatic rings. The van der Waals surface area contributed by atoms with Crippen LogP contribution >= 0.6 is 0 Å². The molecule has 2 rings (SSSR count). The van der Waals surface area contributed by atoms with Gasteiger partial charge < -0.3 is 14.7 Å². The average molecular weight is 298 g/mol. The molecular formula is C16H30N2O3. The fourth-order valence-electron chi connectivity index (χ4n) is 3.13. The van der Waals surface area contributed by atoms with Gasteiger partial charge in [-0.1, -0.05) is 0 Å². The Morgan fingerprint density at radius 2 is 1.67 bits per heavy atom. The van der Waals surface area contributed by atoms with Crippen LogP contribution in [0.4, 0.5) is 4.79 Å². The molecular weight excluding hydrogens is 268 g/mol. The lowest BCUT2D eigenvalue weighted by Crippen LogP contribution is -2.51. The van der Waals surface area contributed by atoms with Crippen molar-refractivity contribution in [1.29, 1.82) is 0 Å². The molecule has 0 spiro atoms. The number of amides is 1. The lowest BCUT2D eigenvalue weighted by molar-refractivity contribution is 0.0116. The maximum absolute atomic E-state index is 12.0. The van der Waals surface area contributed by atoms with E-state index in [4.69, 9.17) is 4.74 Å². The van der Waals surface area contributed by atoms with Gasteiger partial charge in [-0.15, -0.1) is 0 Å². The van der Waals surface area contributed by atoms with Crippen molar-refractivity contribution >= 4 is 6.09 Å². The molecule has 0 unspecified atom stereocenters. The van der Waals surface area contributed by atoms with Gasteiger partial charge in [0, 0.05) is 32.7 Å². The van der Waals surface area contributed by atoms with E-state index in [1.165, 1.54) is 0 Å². The highest BCUT2D eigenvalue weighted by Crippen LogP contribution is 2.25. The molecule has 2 aliphatic rings. The standard InChI is InChI=1S/C16H30N2O3/c1-16(2,3)21-15(20)18-10-8-17(9-11-18)12-13-4-6-14(19)7-5-13/h13-14,19H,4-12H2,1-3H3. The van der Waals surface area contributed by atoms with Gasteiger partial charge in [0.25, 0.3) is 0 Å². The summed E-state index contributed by atoms with van der Waals surface area (Å²) < 4.78 is 5.41. The van der Waals surface area contributed by atoms with Gasteiger partial charge in [-0.3, -0.25) is 4.90 Å². The van der Waals surface area contributed by atoms with E-state index in [2.05, 4.69) is 4.90 Å². The Kier molecular flexibility index (Phi) is 5.49. The third-order valence-electron chi connectivity index (χ3n) is 4.36. The van der Waals surface area contributed by atoms with E-state index in [1.807, 2.05) is 25.7 Å². The first kappa shape index (κ1) is 16.6. The number of hydrogen-bond donors (Lipinski definition) is 1. The molecule has 0 aromatic heterocycles. The fraction of sp³-hybridized carbons (Fsp3) is 0.938. The minimum Gasteiger partial charge on any atom is -0.444 e. The highest BCUT2D eigenvalue weighted by molar-refractivity contribution is 5.68. The van der Waals surface area contributed by atoms with Crippen molar-refractivity contribution in [2.24, 2.45) is 5.92 Å². The summed E-state index contributed by atoms with van der Waals surface area (Å²) in [5.41, 5.74) is -0.419. The molecule has 21 heavy (non-hydrogen) atoms. The molecule has 2 fully saturated rings. The number of nitrogens with zero attached hydrogens (tertiary/aromatic N) is 2. The van der Waals surface area contributed by atoms with Crippen LogP contribution in [-0.4, -0.2) is 65.4 Å². The minimum atomic E-state index is -0.419. The van der Waals surface area contributed by atoms with E-state index in [-0.39, 0.29) is 12.2 Å². The van der Waals surface area contributed by atoms with Crippen LogP contribution in [0.5, 0.6) is 0 Å². The van der Waals surface area contributed by atoms with Gasteiger partial charge in [-0.05, 0) is 52.4 Å². The van der Waals surface area contributed by atoms with Crippen molar-refractivity contribution in [3.63, 3.8) is 0 Å². The molecule has 0 radical (unpaired) electrons. The van der Waals surface area contributed by atoms with Crippen LogP contribution in [-0.2, 0) is 4.74 Å². The first-order valence-electron chi connectivity index (χ1n) is 8.22. The molecule has 1 saturated heterocycles. The van der Waals surface area contributed by atoms with Gasteiger partial charge in [0.1, 0.15) is 5.60 Å². The first-order valence-corrected chi connectivity index (χ1v) is 8.22. The van der Waals surface area contributed by atoms with Crippen LogP contribution < -0.4 is 0 Å². The highest BCUT2D eigenvalue weighted by Gasteiger charge is 2.27. The number of rotatable bonds is 2. The van der Waals surface area contributed by atoms with Crippen molar-refractivity contribution in [2.45, 2.75) is 58.2 Å². The van der Waals surface area contributed by atoms with Crippen LogP contribution in [0, 0.1) is 5.92 Å². The monoisotopic (exact) mass is 298 g/mol. The summed E-state index contributed by atoms with van der Waals surface area (Å²) in [7, 11) is 0. The lowest BCUT2D eigenvalue weighted by Gasteiger charge is -2.38. The van der Waals surface area contributed by atoms with Crippen molar-refractivity contribution in [2.75, 3.05) is 32.7 Å². The van der Waals surface area contributed by atoms with E-state index in [0.717, 1.165) is 58.4 Å². The average Bonchev–Trinajstić information content (AvgIpc) is 2.40. The Balaban J connectivity index is 1.69. The first-order chi connectivity index (χ1) is 9.83. The molecule has 1 aliphatic heterocycles. The zero-order chi connectivity index (χ0) is 15.5. The van der Waals surface area contributed by atoms with Crippen LogP contribution in [0.25, 0.3) is 0 Å². The molecule has 0 aromatic carbocycles. The number of carbonyl (C=O) groups excluding carboxylic acids is 1. The maximum atomic E-state index is 12.0. The zero-order valence-electron chi connectivity index (χ0n) is 13.7. The van der Waals surface area contributed by atoms with Gasteiger partial charge in [-0.25, -0.2) is 4.79 Å². The normalized spacial score (nSPS) is 28.5. The summed E-state index contributed by atoms with van der Waals surface area (Å²) in [6, 6.07) is 0. The summed E-state index contributed by atoms with van der Waals surface area (Å²) in [5, 5.41) is 9.55. The Labute approximate surface area is 128 Å². The molecule has 1 N–H and O–H groups in total. The van der Waals surface area contributed by atoms with E-state index in [9.17, 15) is 9.90 Å². The second-order valence-corrected chi connectivity index (χ2v) is 7.44. The topological polar surface area (TPSA) is 53.0 Å². The summed E-state index contributed by atoms with van der Waals surface area (Å²) >= 11 is 0. The zero-order valence-corrected chi connectivity index (χ0v) is 13.7. The van der Waals surface area contributed by atoms with Crippen molar-refractivity contribution in [1.82, 2.24) is 9.80 Å². The van der Waals surface area contributed by atoms with Crippen molar-refractivity contribution in [3.8, 4) is 0 Å². The fourth-order valence-corrected chi connectivity index (χ4v) is 3.13. The SMILES string of the molecule is CC(C)(C)OC(=O)N1CCN(CC2CCC(O)CC2)CC1. The lowest BCUT2D eigenvalue weighted by atomic mass is 9.87. The number of carbonyl (C=O) groups is 1. The molecule has 1 amide bonds. The molecule has 1 heterocycles. The molecule has 0 atom stereocenters. The van der Waals surface area contributed by atoms with Crippen LogP contribution in [0.1, 0.15) is 46.5 Å². The van der Waals surface area contributed by atoms with Crippen LogP contribution in [0.15, 0.2) is 0 Å². The smallest absolute Gasteiger partial charge is 0.410 e. The van der Waals surface area contributed by atoms with Crippen molar-refractivity contribution in [3.05, 3.63) is 0 Å². The van der Waals surface area contributed by atoms with E-state index in [0.29, 0.717) is 5.92 Å². The van der Waals surface area contributed by atoms with Gasteiger partial charge in [0.2, 0.25) is 0 Å². The Hall–Kier alpha value is -0.810. The number of piperazine rings is 1. The minimum absolute atomic E-state index is 0.0785. The Bertz CT molecular complexity index is 338. The predicted molar refractivity (Wildman–Crippen MR) is 82.2 cm³/mol. The summed E-state index contributed by atoms with van der Waals surface area (Å²) in [5.74, 6) is 0.710. The summed E-state index contributed by atoms with van der Waals surface area (Å²) in [4.78, 5) is 16.3. The molecule has 1 saturated carbocycles. The number of ether oxygens (including phenoxy) is 1. The van der Waals surface area contributed by atoms with Gasteiger partial charge >= 0.3 is 6.09 Å². The van der Waals surface area contributed by atoms with Crippen molar-refractivity contribution < 1.29 is 14.6 Å². The third kappa shape index (κ3) is 5.47. The molecule has 122 valence electrons. The molecule has 0 bridgehead atoms. The van der Waals surface area contributed by atoms with Crippen LogP contribution in [0.3, 0.4) is 0 Å². The van der Waals surface area contributed by atoms with E-state index >= 15 is 0 Å². The second-order valence-electron chi connectivity index (χ2n) is 7.44. The van der Waals surface area contributed by atoms with Gasteiger partial charge in [0.15, 0.2) is 0 Å². The van der Waals surface area contributed by atoms with Crippen LogP contribution in [0.2, 0.25) is 0 Å². The predicted octanol–water partition coefficient (Wildman–Crippen LogP) is 2.09. The number of aliphatic hydroxyl groups excluding tert-OH is 1. The Morgan fingerprint density at radius 1 is 1.10 bits per heavy atom. The quantitative estimate of drug-likeness (QED) is 0.848. The van der Waals surface area contributed by atoms with Gasteiger partial charge in [0.05, 0.1) is 6.10 Å². The van der Waals surface area contributed by atoms with E-state index in [1.54, 1.807) is 0 Å². The summed E-state index contributed by atoms with van der Waals surface area (Å²) in [6.45, 7) is 10.2. The third-order valence-corrected chi connectivity index (χ3v) is 4.36. The molecule has 5 nitrogen and oxygen atoms in total. The largest absolute Gasteiger partial charge is 0.444 e. The highest BCUT2D eigenvalue weighted by atomic mass is 16.6.